The summed E-state index contributed by atoms with van der Waals surface area (Å²) in [5.41, 5.74) is 1.07. The van der Waals surface area contributed by atoms with Crippen molar-refractivity contribution in [2.24, 2.45) is 0 Å². The summed E-state index contributed by atoms with van der Waals surface area (Å²) < 4.78 is 0. The van der Waals surface area contributed by atoms with Gasteiger partial charge in [-0.1, -0.05) is 0 Å². The second-order valence-electron chi connectivity index (χ2n) is 4.07. The molecule has 1 heterocycles. The molecule has 8 heteroatoms. The molecule has 110 valence electrons. The molecule has 1 aromatic heterocycles. The highest BCUT2D eigenvalue weighted by Crippen LogP contribution is 2.10. The summed E-state index contributed by atoms with van der Waals surface area (Å²) >= 11 is 2.76. The molecule has 0 bridgehead atoms. The number of carbonyl (C=O) groups is 3. The Hall–Kier alpha value is -1.54. The summed E-state index contributed by atoms with van der Waals surface area (Å²) in [5, 5.41) is 14.9. The van der Waals surface area contributed by atoms with Crippen LogP contribution in [0.4, 0.5) is 0 Å². The highest BCUT2D eigenvalue weighted by atomic mass is 32.2. The Morgan fingerprint density at radius 2 is 2.35 bits per heavy atom. The minimum Gasteiger partial charge on any atom is -0.480 e. The van der Waals surface area contributed by atoms with E-state index in [9.17, 15) is 14.4 Å². The van der Waals surface area contributed by atoms with Crippen molar-refractivity contribution in [3.05, 3.63) is 22.4 Å². The van der Waals surface area contributed by atoms with E-state index in [1.807, 2.05) is 16.8 Å². The molecule has 0 aliphatic rings. The van der Waals surface area contributed by atoms with Gasteiger partial charge in [-0.05, 0) is 22.4 Å². The minimum absolute atomic E-state index is 0.0727. The predicted octanol–water partition coefficient (Wildman–Crippen LogP) is 0.639. The van der Waals surface area contributed by atoms with E-state index in [4.69, 9.17) is 5.11 Å². The number of carbonyl (C=O) groups excluding carboxylic acids is 2. The van der Waals surface area contributed by atoms with Gasteiger partial charge in [-0.3, -0.25) is 9.59 Å². The van der Waals surface area contributed by atoms with Crippen LogP contribution in [0.5, 0.6) is 0 Å². The monoisotopic (exact) mass is 316 g/mol. The molecule has 0 aromatic carbocycles. The van der Waals surface area contributed by atoms with Gasteiger partial charge in [0.2, 0.25) is 12.3 Å². The molecule has 6 nitrogen and oxygen atoms in total. The highest BCUT2D eigenvalue weighted by Gasteiger charge is 2.17. The number of hydrogen-bond donors (Lipinski definition) is 2. The molecule has 1 aromatic rings. The third-order valence-corrected chi connectivity index (χ3v) is 4.26. The van der Waals surface area contributed by atoms with Crippen LogP contribution in [0.15, 0.2) is 16.8 Å². The average Bonchev–Trinajstić information content (AvgIpc) is 2.90. The number of aliphatic carboxylic acids is 1. The Morgan fingerprint density at radius 3 is 2.90 bits per heavy atom. The molecule has 0 spiro atoms. The highest BCUT2D eigenvalue weighted by molar-refractivity contribution is 8.00. The molecular weight excluding hydrogens is 300 g/mol. The second kappa shape index (κ2) is 8.60. The van der Waals surface area contributed by atoms with Crippen molar-refractivity contribution in [1.29, 1.82) is 0 Å². The number of nitrogens with one attached hydrogen (secondary N) is 1. The fraction of sp³-hybridized carbons (Fsp3) is 0.417. The van der Waals surface area contributed by atoms with Crippen molar-refractivity contribution in [2.45, 2.75) is 12.6 Å². The number of carboxylic acid groups (broad SMARTS) is 1. The molecule has 0 fully saturated rings. The zero-order valence-corrected chi connectivity index (χ0v) is 12.6. The number of amides is 2. The van der Waals surface area contributed by atoms with Gasteiger partial charge in [0, 0.05) is 19.3 Å². The molecule has 0 aliphatic carbocycles. The molecule has 20 heavy (non-hydrogen) atoms. The molecular formula is C12H16N2O4S2. The predicted molar refractivity (Wildman–Crippen MR) is 78.7 cm³/mol. The summed E-state index contributed by atoms with van der Waals surface area (Å²) in [4.78, 5) is 34.5. The molecule has 1 atom stereocenters. The summed E-state index contributed by atoms with van der Waals surface area (Å²) in [7, 11) is 1.71. The molecule has 2 amide bonds. The van der Waals surface area contributed by atoms with Gasteiger partial charge in [-0.2, -0.15) is 11.3 Å². The molecule has 1 rings (SSSR count). The Balaban J connectivity index is 2.31. The van der Waals surface area contributed by atoms with Gasteiger partial charge in [0.05, 0.1) is 5.75 Å². The molecule has 1 unspecified atom stereocenters. The number of hydrogen-bond acceptors (Lipinski definition) is 5. The van der Waals surface area contributed by atoms with Crippen molar-refractivity contribution in [3.8, 4) is 0 Å². The lowest BCUT2D eigenvalue weighted by Gasteiger charge is -2.17. The van der Waals surface area contributed by atoms with Crippen LogP contribution in [0.1, 0.15) is 5.56 Å². The Morgan fingerprint density at radius 1 is 1.60 bits per heavy atom. The number of rotatable bonds is 9. The first-order chi connectivity index (χ1) is 9.54. The van der Waals surface area contributed by atoms with Gasteiger partial charge < -0.3 is 15.3 Å². The van der Waals surface area contributed by atoms with Gasteiger partial charge in [0.1, 0.15) is 6.04 Å². The first-order valence-electron chi connectivity index (χ1n) is 5.80. The lowest BCUT2D eigenvalue weighted by Crippen LogP contribution is -2.38. The zero-order chi connectivity index (χ0) is 15.0. The zero-order valence-electron chi connectivity index (χ0n) is 10.9. The fourth-order valence-corrected chi connectivity index (χ4v) is 3.04. The lowest BCUT2D eigenvalue weighted by atomic mass is 10.3. The normalized spacial score (nSPS) is 11.7. The topological polar surface area (TPSA) is 86.7 Å². The summed E-state index contributed by atoms with van der Waals surface area (Å²) in [6, 6.07) is 0.989. The summed E-state index contributed by atoms with van der Waals surface area (Å²) in [5.74, 6) is -0.836. The van der Waals surface area contributed by atoms with Gasteiger partial charge in [0.25, 0.3) is 0 Å². The third kappa shape index (κ3) is 5.62. The summed E-state index contributed by atoms with van der Waals surface area (Å²) in [6.45, 7) is 0.540. The van der Waals surface area contributed by atoms with E-state index < -0.39 is 12.0 Å². The van der Waals surface area contributed by atoms with E-state index in [0.29, 0.717) is 13.0 Å². The first-order valence-corrected chi connectivity index (χ1v) is 7.89. The Bertz CT molecular complexity index is 450. The molecule has 0 saturated carbocycles. The van der Waals surface area contributed by atoms with Crippen molar-refractivity contribution < 1.29 is 19.5 Å². The smallest absolute Gasteiger partial charge is 0.327 e. The number of thioether (sulfide) groups is 1. The largest absolute Gasteiger partial charge is 0.480 e. The van der Waals surface area contributed by atoms with Gasteiger partial charge in [-0.15, -0.1) is 11.8 Å². The van der Waals surface area contributed by atoms with Crippen LogP contribution in [0.2, 0.25) is 0 Å². The van der Waals surface area contributed by atoms with Crippen LogP contribution in [-0.2, 0) is 20.9 Å². The van der Waals surface area contributed by atoms with E-state index >= 15 is 0 Å². The van der Waals surface area contributed by atoms with E-state index in [-0.39, 0.29) is 17.4 Å². The van der Waals surface area contributed by atoms with Crippen LogP contribution < -0.4 is 5.32 Å². The van der Waals surface area contributed by atoms with Gasteiger partial charge in [-0.25, -0.2) is 4.79 Å². The lowest BCUT2D eigenvalue weighted by molar-refractivity contribution is -0.139. The van der Waals surface area contributed by atoms with Crippen LogP contribution in [-0.4, -0.2) is 52.9 Å². The SMILES string of the molecule is CN(Cc1ccsc1)C(=O)CSCC(NC=O)C(=O)O. The van der Waals surface area contributed by atoms with Gasteiger partial charge >= 0.3 is 5.97 Å². The summed E-state index contributed by atoms with van der Waals surface area (Å²) in [6.07, 6.45) is 0.351. The fourth-order valence-electron chi connectivity index (χ4n) is 1.39. The van der Waals surface area contributed by atoms with Crippen molar-refractivity contribution in [1.82, 2.24) is 10.2 Å². The number of carboxylic acids is 1. The molecule has 0 radical (unpaired) electrons. The maximum absolute atomic E-state index is 11.8. The first kappa shape index (κ1) is 16.5. The Labute approximate surface area is 125 Å². The molecule has 2 N–H and O–H groups in total. The van der Waals surface area contributed by atoms with E-state index in [2.05, 4.69) is 5.32 Å². The Kier molecular flexibility index (Phi) is 7.10. The van der Waals surface area contributed by atoms with Crippen molar-refractivity contribution >= 4 is 41.4 Å². The van der Waals surface area contributed by atoms with Crippen LogP contribution in [0, 0.1) is 0 Å². The van der Waals surface area contributed by atoms with Crippen molar-refractivity contribution in [3.63, 3.8) is 0 Å². The third-order valence-electron chi connectivity index (χ3n) is 2.50. The van der Waals surface area contributed by atoms with Crippen molar-refractivity contribution in [2.75, 3.05) is 18.6 Å². The number of nitrogens with zero attached hydrogens (tertiary/aromatic N) is 1. The number of thiophene rings is 1. The van der Waals surface area contributed by atoms with E-state index in [0.717, 1.165) is 5.56 Å². The standard InChI is InChI=1S/C12H16N2O4S2/c1-14(4-9-2-3-19-5-9)11(16)7-20-6-10(12(17)18)13-8-15/h2-3,5,8,10H,4,6-7H2,1H3,(H,13,15)(H,17,18). The minimum atomic E-state index is -1.11. The molecule has 0 aliphatic heterocycles. The van der Waals surface area contributed by atoms with Crippen LogP contribution in [0.3, 0.4) is 0 Å². The molecule has 0 saturated heterocycles. The van der Waals surface area contributed by atoms with E-state index in [1.165, 1.54) is 11.8 Å². The van der Waals surface area contributed by atoms with E-state index in [1.54, 1.807) is 23.3 Å². The maximum Gasteiger partial charge on any atom is 0.327 e. The average molecular weight is 316 g/mol. The second-order valence-corrected chi connectivity index (χ2v) is 5.88. The van der Waals surface area contributed by atoms with Crippen LogP contribution >= 0.6 is 23.1 Å². The quantitative estimate of drug-likeness (QED) is 0.653. The van der Waals surface area contributed by atoms with Crippen LogP contribution in [0.25, 0.3) is 0 Å². The van der Waals surface area contributed by atoms with Gasteiger partial charge in [0.15, 0.2) is 0 Å². The maximum atomic E-state index is 11.8.